The lowest BCUT2D eigenvalue weighted by molar-refractivity contribution is 0.226. The summed E-state index contributed by atoms with van der Waals surface area (Å²) in [6.45, 7) is 0. The number of aromatic hydroxyl groups is 1. The van der Waals surface area contributed by atoms with Gasteiger partial charge in [-0.25, -0.2) is 0 Å². The first kappa shape index (κ1) is 16.9. The van der Waals surface area contributed by atoms with Gasteiger partial charge in [-0.3, -0.25) is 4.98 Å². The second kappa shape index (κ2) is 6.17. The van der Waals surface area contributed by atoms with Crippen LogP contribution < -0.4 is 0 Å². The molecule has 2 aliphatic rings. The Labute approximate surface area is 166 Å². The van der Waals surface area contributed by atoms with Gasteiger partial charge in [0.05, 0.1) is 11.3 Å². The number of aromatic nitrogens is 1. The van der Waals surface area contributed by atoms with E-state index in [1.165, 1.54) is 0 Å². The van der Waals surface area contributed by atoms with Crippen LogP contribution >= 0.6 is 0 Å². The lowest BCUT2D eigenvalue weighted by atomic mass is 9.90. The van der Waals surface area contributed by atoms with E-state index in [4.69, 9.17) is 0 Å². The normalized spacial score (nSPS) is 18.4. The van der Waals surface area contributed by atoms with Crippen LogP contribution in [0.2, 0.25) is 0 Å². The molecule has 0 radical (unpaired) electrons. The number of rotatable bonds is 0. The van der Waals surface area contributed by atoms with Gasteiger partial charge in [0, 0.05) is 22.9 Å². The maximum absolute atomic E-state index is 11.2. The van der Waals surface area contributed by atoms with Gasteiger partial charge in [-0.15, -0.1) is 0 Å². The average Bonchev–Trinajstić information content (AvgIpc) is 3.23. The molecule has 5 heteroatoms. The number of aliphatic hydroxyl groups is 1. The zero-order valence-corrected chi connectivity index (χ0v) is 15.1. The summed E-state index contributed by atoms with van der Waals surface area (Å²) in [4.78, 5) is 4.45. The van der Waals surface area contributed by atoms with E-state index < -0.39 is 6.10 Å². The van der Waals surface area contributed by atoms with Gasteiger partial charge in [0.15, 0.2) is 0 Å². The number of benzene rings is 2. The van der Waals surface area contributed by atoms with Crippen LogP contribution in [0.25, 0.3) is 22.4 Å². The third-order valence-corrected chi connectivity index (χ3v) is 5.44. The van der Waals surface area contributed by atoms with Crippen molar-refractivity contribution in [3.05, 3.63) is 94.2 Å². The fourth-order valence-electron chi connectivity index (χ4n) is 4.31. The van der Waals surface area contributed by atoms with E-state index in [-0.39, 0.29) is 11.3 Å². The van der Waals surface area contributed by atoms with Crippen LogP contribution in [-0.2, 0) is 0 Å². The van der Waals surface area contributed by atoms with Crippen LogP contribution in [0.4, 0.5) is 0 Å². The van der Waals surface area contributed by atoms with Crippen LogP contribution in [0.3, 0.4) is 0 Å². The zero-order chi connectivity index (χ0) is 20.1. The number of fused-ring (bicyclic) bond motifs is 4. The highest BCUT2D eigenvalue weighted by molar-refractivity contribution is 6.10. The largest absolute Gasteiger partial charge is 0.507 e. The standard InChI is InChI=1S/C24H13N3O2/c25-11-13(12-26)19-14-5-1-2-6-15(14)24(29)22(19)20-16-7-3-9-18(28)21(16)23-17(20)8-4-10-27-23/h1-10,24,28-29H/b22-20-. The molecule has 2 N–H and O–H groups in total. The maximum Gasteiger partial charge on any atom is 0.137 e. The Morgan fingerprint density at radius 2 is 1.62 bits per heavy atom. The molecule has 2 aliphatic carbocycles. The number of nitrogens with zero attached hydrogens (tertiary/aromatic N) is 3. The Kier molecular flexibility index (Phi) is 3.61. The molecule has 29 heavy (non-hydrogen) atoms. The van der Waals surface area contributed by atoms with E-state index in [9.17, 15) is 20.7 Å². The van der Waals surface area contributed by atoms with Crippen molar-refractivity contribution < 1.29 is 10.2 Å². The number of pyridine rings is 1. The van der Waals surface area contributed by atoms with E-state index in [1.54, 1.807) is 36.5 Å². The van der Waals surface area contributed by atoms with Crippen LogP contribution in [-0.4, -0.2) is 15.2 Å². The van der Waals surface area contributed by atoms with Crippen molar-refractivity contribution in [2.45, 2.75) is 6.10 Å². The van der Waals surface area contributed by atoms with Gasteiger partial charge >= 0.3 is 0 Å². The van der Waals surface area contributed by atoms with E-state index in [0.29, 0.717) is 44.7 Å². The van der Waals surface area contributed by atoms with Crippen molar-refractivity contribution in [3.63, 3.8) is 0 Å². The highest BCUT2D eigenvalue weighted by Gasteiger charge is 2.39. The smallest absolute Gasteiger partial charge is 0.137 e. The molecular weight excluding hydrogens is 362 g/mol. The Morgan fingerprint density at radius 1 is 0.897 bits per heavy atom. The molecule has 1 unspecified atom stereocenters. The summed E-state index contributed by atoms with van der Waals surface area (Å²) >= 11 is 0. The van der Waals surface area contributed by atoms with Crippen molar-refractivity contribution in [1.82, 2.24) is 4.98 Å². The summed E-state index contributed by atoms with van der Waals surface area (Å²) in [5.74, 6) is 0.0920. The van der Waals surface area contributed by atoms with Gasteiger partial charge in [-0.05, 0) is 34.4 Å². The molecule has 136 valence electrons. The number of phenols is 1. The summed E-state index contributed by atoms with van der Waals surface area (Å²) in [7, 11) is 0. The summed E-state index contributed by atoms with van der Waals surface area (Å²) in [5.41, 5.74) is 5.52. The highest BCUT2D eigenvalue weighted by Crippen LogP contribution is 2.55. The van der Waals surface area contributed by atoms with Crippen LogP contribution in [0.15, 0.2) is 71.9 Å². The maximum atomic E-state index is 11.2. The molecule has 1 heterocycles. The number of phenolic OH excluding ortho intramolecular Hbond substituents is 1. The van der Waals surface area contributed by atoms with Crippen molar-refractivity contribution >= 4 is 11.1 Å². The minimum absolute atomic E-state index is 0.0597. The van der Waals surface area contributed by atoms with E-state index in [2.05, 4.69) is 4.98 Å². The molecular formula is C24H13N3O2. The predicted molar refractivity (Wildman–Crippen MR) is 107 cm³/mol. The number of hydrogen-bond donors (Lipinski definition) is 2. The van der Waals surface area contributed by atoms with E-state index in [0.717, 1.165) is 5.56 Å². The number of nitriles is 2. The van der Waals surface area contributed by atoms with Gasteiger partial charge in [0.1, 0.15) is 29.6 Å². The fraction of sp³-hybridized carbons (Fsp3) is 0.0417. The molecule has 1 aromatic heterocycles. The summed E-state index contributed by atoms with van der Waals surface area (Å²) in [6, 6.07) is 20.0. The van der Waals surface area contributed by atoms with Gasteiger partial charge < -0.3 is 10.2 Å². The lowest BCUT2D eigenvalue weighted by Gasteiger charge is -2.14. The first-order valence-corrected chi connectivity index (χ1v) is 9.01. The molecule has 0 spiro atoms. The summed E-state index contributed by atoms with van der Waals surface area (Å²) < 4.78 is 0. The zero-order valence-electron chi connectivity index (χ0n) is 15.1. The van der Waals surface area contributed by atoms with Crippen LogP contribution in [0, 0.1) is 22.7 Å². The molecule has 5 nitrogen and oxygen atoms in total. The predicted octanol–water partition coefficient (Wildman–Crippen LogP) is 4.12. The lowest BCUT2D eigenvalue weighted by Crippen LogP contribution is -1.99. The van der Waals surface area contributed by atoms with E-state index in [1.807, 2.05) is 36.4 Å². The minimum Gasteiger partial charge on any atom is -0.507 e. The van der Waals surface area contributed by atoms with Crippen LogP contribution in [0.5, 0.6) is 5.75 Å². The third-order valence-electron chi connectivity index (χ3n) is 5.44. The average molecular weight is 375 g/mol. The molecule has 0 fully saturated rings. The van der Waals surface area contributed by atoms with Gasteiger partial charge in [-0.2, -0.15) is 10.5 Å². The Bertz CT molecular complexity index is 1340. The molecule has 0 aliphatic heterocycles. The van der Waals surface area contributed by atoms with Gasteiger partial charge in [-0.1, -0.05) is 42.5 Å². The first-order chi connectivity index (χ1) is 14.2. The van der Waals surface area contributed by atoms with Gasteiger partial charge in [0.2, 0.25) is 0 Å². The molecule has 3 aromatic rings. The SMILES string of the molecule is N#CC(C#N)=C1/C(=C2/c3cccnc3-c3c(O)cccc32)C(O)c2ccccc21. The van der Waals surface area contributed by atoms with Crippen molar-refractivity contribution in [2.75, 3.05) is 0 Å². The number of aliphatic hydroxyl groups excluding tert-OH is 1. The molecule has 0 saturated carbocycles. The monoisotopic (exact) mass is 375 g/mol. The molecule has 5 rings (SSSR count). The minimum atomic E-state index is -1.01. The topological polar surface area (TPSA) is 101 Å². The summed E-state index contributed by atoms with van der Waals surface area (Å²) in [6.07, 6.45) is 0.643. The van der Waals surface area contributed by atoms with Crippen LogP contribution in [0.1, 0.15) is 28.4 Å². The molecule has 2 aromatic carbocycles. The van der Waals surface area contributed by atoms with Gasteiger partial charge in [0.25, 0.3) is 0 Å². The van der Waals surface area contributed by atoms with E-state index >= 15 is 0 Å². The summed E-state index contributed by atoms with van der Waals surface area (Å²) in [5, 5.41) is 41.0. The number of hydrogen-bond acceptors (Lipinski definition) is 5. The fourth-order valence-corrected chi connectivity index (χ4v) is 4.31. The Balaban J connectivity index is 1.98. The van der Waals surface area contributed by atoms with Crippen molar-refractivity contribution in [1.29, 1.82) is 10.5 Å². The second-order valence-corrected chi connectivity index (χ2v) is 6.85. The first-order valence-electron chi connectivity index (χ1n) is 9.01. The molecule has 0 amide bonds. The van der Waals surface area contributed by atoms with Crippen molar-refractivity contribution in [2.24, 2.45) is 0 Å². The Morgan fingerprint density at radius 3 is 2.41 bits per heavy atom. The second-order valence-electron chi connectivity index (χ2n) is 6.85. The quantitative estimate of drug-likeness (QED) is 0.450. The molecule has 1 atom stereocenters. The number of allylic oxidation sites excluding steroid dienone is 1. The van der Waals surface area contributed by atoms with Crippen molar-refractivity contribution in [3.8, 4) is 29.1 Å². The highest BCUT2D eigenvalue weighted by atomic mass is 16.3. The molecule has 0 bridgehead atoms. The molecule has 0 saturated heterocycles. The third kappa shape index (κ3) is 2.20. The Hall–Kier alpha value is -4.19.